The Morgan fingerprint density at radius 1 is 1.45 bits per heavy atom. The van der Waals surface area contributed by atoms with Gasteiger partial charge in [0.05, 0.1) is 10.5 Å². The first-order chi connectivity index (χ1) is 9.15. The van der Waals surface area contributed by atoms with Crippen LogP contribution in [0.4, 0.5) is 0 Å². The standard InChI is InChI=1S/C12H17NO5S2/c1-8(7-19(3)16)13-20(17,18)11-6-4-5-10(9(11)2)12(14)15/h4-6,8,13H,7H2,1-3H3,(H,14,15). The number of nitrogens with one attached hydrogen (secondary N) is 1. The van der Waals surface area contributed by atoms with E-state index in [-0.39, 0.29) is 21.8 Å². The Kier molecular flexibility index (Phi) is 5.43. The molecule has 2 atom stereocenters. The summed E-state index contributed by atoms with van der Waals surface area (Å²) in [6.45, 7) is 3.05. The van der Waals surface area contributed by atoms with Crippen molar-refractivity contribution in [3.63, 3.8) is 0 Å². The van der Waals surface area contributed by atoms with Crippen molar-refractivity contribution < 1.29 is 22.5 Å². The molecule has 2 unspecified atom stereocenters. The lowest BCUT2D eigenvalue weighted by atomic mass is 10.1. The molecule has 0 spiro atoms. The van der Waals surface area contributed by atoms with E-state index in [9.17, 15) is 17.4 Å². The molecule has 1 aromatic carbocycles. The van der Waals surface area contributed by atoms with E-state index in [0.717, 1.165) is 0 Å². The summed E-state index contributed by atoms with van der Waals surface area (Å²) in [5.74, 6) is -0.987. The molecule has 0 saturated heterocycles. The van der Waals surface area contributed by atoms with E-state index >= 15 is 0 Å². The molecule has 1 rings (SSSR count). The smallest absolute Gasteiger partial charge is 0.335 e. The Balaban J connectivity index is 3.13. The highest BCUT2D eigenvalue weighted by molar-refractivity contribution is 7.89. The normalized spacial score (nSPS) is 14.8. The predicted molar refractivity (Wildman–Crippen MR) is 76.9 cm³/mol. The van der Waals surface area contributed by atoms with Crippen LogP contribution in [0.1, 0.15) is 22.8 Å². The van der Waals surface area contributed by atoms with Crippen molar-refractivity contribution in [1.82, 2.24) is 4.72 Å². The van der Waals surface area contributed by atoms with Gasteiger partial charge in [-0.2, -0.15) is 0 Å². The Bertz CT molecular complexity index is 639. The van der Waals surface area contributed by atoms with Crippen molar-refractivity contribution in [3.05, 3.63) is 29.3 Å². The van der Waals surface area contributed by atoms with Gasteiger partial charge in [0, 0.05) is 28.9 Å². The third kappa shape index (κ3) is 4.12. The lowest BCUT2D eigenvalue weighted by Crippen LogP contribution is -2.36. The molecule has 8 heteroatoms. The number of aromatic carboxylic acids is 1. The van der Waals surface area contributed by atoms with Crippen molar-refractivity contribution >= 4 is 26.8 Å². The molecule has 0 radical (unpaired) electrons. The van der Waals surface area contributed by atoms with Crippen molar-refractivity contribution in [2.24, 2.45) is 0 Å². The van der Waals surface area contributed by atoms with Crippen LogP contribution in [0, 0.1) is 6.92 Å². The molecule has 0 aliphatic carbocycles. The largest absolute Gasteiger partial charge is 0.478 e. The van der Waals surface area contributed by atoms with E-state index in [4.69, 9.17) is 5.11 Å². The fourth-order valence-electron chi connectivity index (χ4n) is 1.85. The first-order valence-corrected chi connectivity index (χ1v) is 9.01. The third-order valence-corrected chi connectivity index (χ3v) is 5.35. The molecule has 0 aliphatic heterocycles. The van der Waals surface area contributed by atoms with Gasteiger partial charge in [0.15, 0.2) is 0 Å². The molecule has 1 aromatic rings. The lowest BCUT2D eigenvalue weighted by Gasteiger charge is -2.15. The van der Waals surface area contributed by atoms with Gasteiger partial charge in [-0.3, -0.25) is 4.21 Å². The van der Waals surface area contributed by atoms with Crippen LogP contribution < -0.4 is 4.72 Å². The van der Waals surface area contributed by atoms with Crippen LogP contribution in [0.5, 0.6) is 0 Å². The summed E-state index contributed by atoms with van der Waals surface area (Å²) in [6, 6.07) is 3.58. The average molecular weight is 319 g/mol. The summed E-state index contributed by atoms with van der Waals surface area (Å²) in [4.78, 5) is 10.9. The number of benzene rings is 1. The minimum atomic E-state index is -3.84. The van der Waals surface area contributed by atoms with E-state index in [0.29, 0.717) is 0 Å². The van der Waals surface area contributed by atoms with Crippen LogP contribution >= 0.6 is 0 Å². The highest BCUT2D eigenvalue weighted by Crippen LogP contribution is 2.19. The van der Waals surface area contributed by atoms with E-state index in [2.05, 4.69) is 4.72 Å². The van der Waals surface area contributed by atoms with Crippen molar-refractivity contribution in [2.75, 3.05) is 12.0 Å². The topological polar surface area (TPSA) is 101 Å². The van der Waals surface area contributed by atoms with Crippen LogP contribution in [0.3, 0.4) is 0 Å². The summed E-state index contributed by atoms with van der Waals surface area (Å²) in [5, 5.41) is 9.00. The van der Waals surface area contributed by atoms with Crippen molar-refractivity contribution in [1.29, 1.82) is 0 Å². The predicted octanol–water partition coefficient (Wildman–Crippen LogP) is 0.739. The second-order valence-electron chi connectivity index (χ2n) is 4.50. The zero-order chi connectivity index (χ0) is 15.5. The van der Waals surface area contributed by atoms with Gasteiger partial charge >= 0.3 is 5.97 Å². The fourth-order valence-corrected chi connectivity index (χ4v) is 4.26. The molecule has 0 amide bonds. The van der Waals surface area contributed by atoms with Crippen LogP contribution in [-0.2, 0) is 20.8 Å². The quantitative estimate of drug-likeness (QED) is 0.805. The summed E-state index contributed by atoms with van der Waals surface area (Å²) in [6.07, 6.45) is 1.49. The number of carboxylic acid groups (broad SMARTS) is 1. The van der Waals surface area contributed by atoms with Gasteiger partial charge in [-0.1, -0.05) is 6.07 Å². The second-order valence-corrected chi connectivity index (χ2v) is 7.66. The fraction of sp³-hybridized carbons (Fsp3) is 0.417. The first kappa shape index (κ1) is 16.8. The molecule has 0 aliphatic rings. The first-order valence-electron chi connectivity index (χ1n) is 5.80. The van der Waals surface area contributed by atoms with Gasteiger partial charge in [0.25, 0.3) is 0 Å². The summed E-state index contributed by atoms with van der Waals surface area (Å²) in [5.41, 5.74) is 0.122. The number of carbonyl (C=O) groups is 1. The van der Waals surface area contributed by atoms with Gasteiger partial charge in [0.1, 0.15) is 0 Å². The maximum Gasteiger partial charge on any atom is 0.335 e. The summed E-state index contributed by atoms with van der Waals surface area (Å²) in [7, 11) is -4.96. The molecule has 20 heavy (non-hydrogen) atoms. The molecule has 0 bridgehead atoms. The van der Waals surface area contributed by atoms with E-state index in [1.807, 2.05) is 0 Å². The SMILES string of the molecule is Cc1c(C(=O)O)cccc1S(=O)(=O)NC(C)CS(C)=O. The monoisotopic (exact) mass is 319 g/mol. The number of hydrogen-bond acceptors (Lipinski definition) is 4. The minimum absolute atomic E-state index is 0.0559. The van der Waals surface area contributed by atoms with Gasteiger partial charge in [-0.25, -0.2) is 17.9 Å². The molecule has 0 saturated carbocycles. The highest BCUT2D eigenvalue weighted by atomic mass is 32.2. The zero-order valence-electron chi connectivity index (χ0n) is 11.4. The van der Waals surface area contributed by atoms with Crippen molar-refractivity contribution in [3.8, 4) is 0 Å². The summed E-state index contributed by atoms with van der Waals surface area (Å²) < 4.78 is 37.9. The van der Waals surface area contributed by atoms with E-state index < -0.39 is 32.8 Å². The van der Waals surface area contributed by atoms with Gasteiger partial charge in [-0.05, 0) is 31.5 Å². The van der Waals surface area contributed by atoms with Crippen molar-refractivity contribution in [2.45, 2.75) is 24.8 Å². The lowest BCUT2D eigenvalue weighted by molar-refractivity contribution is 0.0696. The molecule has 0 aromatic heterocycles. The zero-order valence-corrected chi connectivity index (χ0v) is 13.0. The van der Waals surface area contributed by atoms with E-state index in [1.54, 1.807) is 6.92 Å². The second kappa shape index (κ2) is 6.47. The number of sulfonamides is 1. The molecule has 0 heterocycles. The molecular weight excluding hydrogens is 302 g/mol. The molecular formula is C12H17NO5S2. The minimum Gasteiger partial charge on any atom is -0.478 e. The Hall–Kier alpha value is -1.25. The van der Waals surface area contributed by atoms with Gasteiger partial charge < -0.3 is 5.11 Å². The van der Waals surface area contributed by atoms with Gasteiger partial charge in [0.2, 0.25) is 10.0 Å². The van der Waals surface area contributed by atoms with Crippen LogP contribution in [0.2, 0.25) is 0 Å². The molecule has 112 valence electrons. The molecule has 0 fully saturated rings. The number of hydrogen-bond donors (Lipinski definition) is 2. The Labute approximate surface area is 120 Å². The Morgan fingerprint density at radius 2 is 2.05 bits per heavy atom. The Morgan fingerprint density at radius 3 is 2.55 bits per heavy atom. The maximum absolute atomic E-state index is 12.2. The van der Waals surface area contributed by atoms with Crippen LogP contribution in [0.15, 0.2) is 23.1 Å². The number of carboxylic acids is 1. The molecule has 6 nitrogen and oxygen atoms in total. The van der Waals surface area contributed by atoms with E-state index in [1.165, 1.54) is 31.4 Å². The highest BCUT2D eigenvalue weighted by Gasteiger charge is 2.22. The average Bonchev–Trinajstić information content (AvgIpc) is 2.26. The van der Waals surface area contributed by atoms with Crippen LogP contribution in [0.25, 0.3) is 0 Å². The summed E-state index contributed by atoms with van der Waals surface area (Å²) >= 11 is 0. The number of rotatable bonds is 6. The maximum atomic E-state index is 12.2. The van der Waals surface area contributed by atoms with Crippen LogP contribution in [-0.4, -0.2) is 41.8 Å². The third-order valence-electron chi connectivity index (χ3n) is 2.65. The molecule has 2 N–H and O–H groups in total. The van der Waals surface area contributed by atoms with Gasteiger partial charge in [-0.15, -0.1) is 0 Å².